The fraction of sp³-hybridized carbons (Fsp3) is 0.200. The molecule has 4 rings (SSSR count). The van der Waals surface area contributed by atoms with E-state index in [-0.39, 0.29) is 6.54 Å². The Morgan fingerprint density at radius 2 is 1.45 bits per heavy atom. The number of nitrogens with zero attached hydrogens (tertiary/aromatic N) is 3. The lowest BCUT2D eigenvalue weighted by Crippen LogP contribution is -2.19. The van der Waals surface area contributed by atoms with Crippen LogP contribution < -0.4 is 4.90 Å². The first-order valence-electron chi connectivity index (χ1n) is 9.95. The van der Waals surface area contributed by atoms with Crippen LogP contribution in [-0.2, 0) is 12.7 Å². The first-order chi connectivity index (χ1) is 14.8. The van der Waals surface area contributed by atoms with Crippen LogP contribution in [0.1, 0.15) is 22.3 Å². The van der Waals surface area contributed by atoms with Gasteiger partial charge in [0.2, 0.25) is 0 Å². The summed E-state index contributed by atoms with van der Waals surface area (Å²) in [6.07, 6.45) is -4.37. The van der Waals surface area contributed by atoms with E-state index in [0.717, 1.165) is 39.2 Å². The molecule has 0 saturated heterocycles. The molecule has 0 radical (unpaired) electrons. The molecule has 0 bridgehead atoms. The number of rotatable bonds is 4. The van der Waals surface area contributed by atoms with Crippen molar-refractivity contribution in [1.29, 1.82) is 0 Å². The van der Waals surface area contributed by atoms with Gasteiger partial charge in [0.25, 0.3) is 0 Å². The van der Waals surface area contributed by atoms with Crippen molar-refractivity contribution >= 4 is 16.6 Å². The molecule has 1 heterocycles. The molecule has 0 spiro atoms. The topological polar surface area (TPSA) is 29.0 Å². The number of hydrogen-bond acceptors (Lipinski definition) is 3. The highest BCUT2D eigenvalue weighted by atomic mass is 19.4. The van der Waals surface area contributed by atoms with Gasteiger partial charge in [0.05, 0.1) is 5.56 Å². The van der Waals surface area contributed by atoms with Gasteiger partial charge in [-0.3, -0.25) is 0 Å². The number of aryl methyl sites for hydroxylation is 2. The third-order valence-corrected chi connectivity index (χ3v) is 5.42. The maximum Gasteiger partial charge on any atom is 0.416 e. The van der Waals surface area contributed by atoms with E-state index in [1.54, 1.807) is 6.07 Å². The number of anilines is 1. The van der Waals surface area contributed by atoms with Crippen molar-refractivity contribution in [2.75, 3.05) is 11.9 Å². The van der Waals surface area contributed by atoms with E-state index in [9.17, 15) is 13.2 Å². The predicted molar refractivity (Wildman–Crippen MR) is 118 cm³/mol. The average molecular weight is 421 g/mol. The third kappa shape index (κ3) is 4.10. The second-order valence-corrected chi connectivity index (χ2v) is 7.74. The standard InChI is InChI=1S/C25H22F3N3/c1-16-8-6-9-17(2)22(16)23-20-12-4-5-13-21(20)24(30-29-23)31(3)15-18-10-7-11-19(14-18)25(26,27)28/h4-14H,15H2,1-3H3. The zero-order valence-electron chi connectivity index (χ0n) is 17.5. The van der Waals surface area contributed by atoms with E-state index in [0.29, 0.717) is 11.4 Å². The van der Waals surface area contributed by atoms with Crippen molar-refractivity contribution in [1.82, 2.24) is 10.2 Å². The number of benzene rings is 3. The van der Waals surface area contributed by atoms with Crippen LogP contribution in [0.5, 0.6) is 0 Å². The summed E-state index contributed by atoms with van der Waals surface area (Å²) in [5.74, 6) is 0.628. The number of halogens is 3. The van der Waals surface area contributed by atoms with Gasteiger partial charge in [-0.05, 0) is 42.7 Å². The van der Waals surface area contributed by atoms with E-state index in [1.165, 1.54) is 12.1 Å². The average Bonchev–Trinajstić information content (AvgIpc) is 2.73. The van der Waals surface area contributed by atoms with E-state index in [1.807, 2.05) is 68.3 Å². The second kappa shape index (κ2) is 8.02. The molecule has 1 aromatic heterocycles. The van der Waals surface area contributed by atoms with Gasteiger partial charge in [0.1, 0.15) is 5.69 Å². The number of fused-ring (bicyclic) bond motifs is 1. The summed E-state index contributed by atoms with van der Waals surface area (Å²) < 4.78 is 39.2. The summed E-state index contributed by atoms with van der Waals surface area (Å²) >= 11 is 0. The van der Waals surface area contributed by atoms with Gasteiger partial charge in [-0.1, -0.05) is 54.6 Å². The highest BCUT2D eigenvalue weighted by Gasteiger charge is 2.30. The van der Waals surface area contributed by atoms with Gasteiger partial charge < -0.3 is 4.90 Å². The molecule has 3 aromatic carbocycles. The van der Waals surface area contributed by atoms with Gasteiger partial charge in [-0.25, -0.2) is 0 Å². The van der Waals surface area contributed by atoms with Crippen LogP contribution in [-0.4, -0.2) is 17.2 Å². The van der Waals surface area contributed by atoms with Crippen LogP contribution >= 0.6 is 0 Å². The van der Waals surface area contributed by atoms with Crippen LogP contribution in [0.3, 0.4) is 0 Å². The van der Waals surface area contributed by atoms with Crippen LogP contribution in [0.2, 0.25) is 0 Å². The minimum Gasteiger partial charge on any atom is -0.353 e. The number of hydrogen-bond donors (Lipinski definition) is 0. The van der Waals surface area contributed by atoms with Gasteiger partial charge >= 0.3 is 6.18 Å². The Morgan fingerprint density at radius 3 is 2.13 bits per heavy atom. The summed E-state index contributed by atoms with van der Waals surface area (Å²) in [6.45, 7) is 4.38. The Morgan fingerprint density at radius 1 is 0.806 bits per heavy atom. The minimum absolute atomic E-state index is 0.283. The Balaban J connectivity index is 1.76. The molecule has 0 aliphatic carbocycles. The van der Waals surface area contributed by atoms with Crippen molar-refractivity contribution in [3.05, 3.63) is 89.0 Å². The first-order valence-corrected chi connectivity index (χ1v) is 9.95. The van der Waals surface area contributed by atoms with Crippen molar-refractivity contribution in [2.45, 2.75) is 26.6 Å². The van der Waals surface area contributed by atoms with Crippen molar-refractivity contribution in [3.63, 3.8) is 0 Å². The summed E-state index contributed by atoms with van der Waals surface area (Å²) in [5.41, 5.74) is 4.00. The smallest absolute Gasteiger partial charge is 0.353 e. The van der Waals surface area contributed by atoms with Crippen molar-refractivity contribution in [3.8, 4) is 11.3 Å². The molecule has 0 atom stereocenters. The second-order valence-electron chi connectivity index (χ2n) is 7.74. The first kappa shape index (κ1) is 20.8. The van der Waals surface area contributed by atoms with Gasteiger partial charge in [-0.2, -0.15) is 13.2 Å². The largest absolute Gasteiger partial charge is 0.416 e. The molecule has 0 saturated carbocycles. The Bertz CT molecular complexity index is 1230. The lowest BCUT2D eigenvalue weighted by Gasteiger charge is -2.21. The molecule has 0 aliphatic heterocycles. The molecule has 0 unspecified atom stereocenters. The molecule has 0 amide bonds. The van der Waals surface area contributed by atoms with Gasteiger partial charge in [-0.15, -0.1) is 10.2 Å². The quantitative estimate of drug-likeness (QED) is 0.373. The highest BCUT2D eigenvalue weighted by molar-refractivity contribution is 6.01. The Labute approximate surface area is 179 Å². The van der Waals surface area contributed by atoms with Gasteiger partial charge in [0, 0.05) is 29.9 Å². The summed E-state index contributed by atoms with van der Waals surface area (Å²) in [6, 6.07) is 19.4. The third-order valence-electron chi connectivity index (χ3n) is 5.42. The zero-order chi connectivity index (χ0) is 22.2. The van der Waals surface area contributed by atoms with Crippen LogP contribution in [0, 0.1) is 13.8 Å². The Kier molecular flexibility index (Phi) is 5.39. The van der Waals surface area contributed by atoms with E-state index in [2.05, 4.69) is 10.2 Å². The van der Waals surface area contributed by atoms with Crippen molar-refractivity contribution in [2.24, 2.45) is 0 Å². The number of alkyl halides is 3. The highest BCUT2D eigenvalue weighted by Crippen LogP contribution is 2.35. The SMILES string of the molecule is Cc1cccc(C)c1-c1nnc(N(C)Cc2cccc(C(F)(F)F)c2)c2ccccc12. The van der Waals surface area contributed by atoms with Crippen LogP contribution in [0.25, 0.3) is 22.0 Å². The molecule has 158 valence electrons. The summed E-state index contributed by atoms with van der Waals surface area (Å²) in [7, 11) is 1.81. The molecule has 3 nitrogen and oxygen atoms in total. The van der Waals surface area contributed by atoms with E-state index >= 15 is 0 Å². The number of aromatic nitrogens is 2. The molecule has 31 heavy (non-hydrogen) atoms. The summed E-state index contributed by atoms with van der Waals surface area (Å²) in [5, 5.41) is 10.9. The Hall–Kier alpha value is -3.41. The maximum absolute atomic E-state index is 13.1. The van der Waals surface area contributed by atoms with E-state index < -0.39 is 11.7 Å². The molecule has 0 fully saturated rings. The molecule has 0 aliphatic rings. The fourth-order valence-electron chi connectivity index (χ4n) is 3.94. The zero-order valence-corrected chi connectivity index (χ0v) is 17.5. The molecular weight excluding hydrogens is 399 g/mol. The minimum atomic E-state index is -4.37. The molecule has 6 heteroatoms. The van der Waals surface area contributed by atoms with E-state index in [4.69, 9.17) is 0 Å². The van der Waals surface area contributed by atoms with Crippen LogP contribution in [0.15, 0.2) is 66.7 Å². The fourth-order valence-corrected chi connectivity index (χ4v) is 3.94. The van der Waals surface area contributed by atoms with Crippen LogP contribution in [0.4, 0.5) is 19.0 Å². The van der Waals surface area contributed by atoms with Crippen molar-refractivity contribution < 1.29 is 13.2 Å². The predicted octanol–water partition coefficient (Wildman–Crippen LogP) is 6.57. The lowest BCUT2D eigenvalue weighted by molar-refractivity contribution is -0.137. The molecular formula is C25H22F3N3. The molecule has 4 aromatic rings. The lowest BCUT2D eigenvalue weighted by atomic mass is 9.96. The molecule has 0 N–H and O–H groups in total. The monoisotopic (exact) mass is 421 g/mol. The maximum atomic E-state index is 13.1. The normalized spacial score (nSPS) is 11.7. The summed E-state index contributed by atoms with van der Waals surface area (Å²) in [4.78, 5) is 1.83. The van der Waals surface area contributed by atoms with Gasteiger partial charge in [0.15, 0.2) is 5.82 Å².